The van der Waals surface area contributed by atoms with Crippen molar-refractivity contribution in [2.75, 3.05) is 7.18 Å². The molecule has 0 spiro atoms. The molecule has 0 radical (unpaired) electrons. The van der Waals surface area contributed by atoms with Crippen LogP contribution in [0.25, 0.3) is 10.1 Å². The van der Waals surface area contributed by atoms with Gasteiger partial charge >= 0.3 is 0 Å². The number of thiophene rings is 1. The summed E-state index contributed by atoms with van der Waals surface area (Å²) in [5.74, 6) is -6.19. The summed E-state index contributed by atoms with van der Waals surface area (Å²) in [5.41, 5.74) is 0. The zero-order valence-electron chi connectivity index (χ0n) is 7.45. The first kappa shape index (κ1) is 11.9. The van der Waals surface area contributed by atoms with Crippen molar-refractivity contribution in [3.05, 3.63) is 34.7 Å². The van der Waals surface area contributed by atoms with Gasteiger partial charge in [0.05, 0.1) is 11.9 Å². The van der Waals surface area contributed by atoms with Crippen molar-refractivity contribution in [1.29, 1.82) is 0 Å². The van der Waals surface area contributed by atoms with Gasteiger partial charge in [0.25, 0.3) is 0 Å². The van der Waals surface area contributed by atoms with E-state index in [2.05, 4.69) is 0 Å². The first-order valence-electron chi connectivity index (χ1n) is 3.70. The molecule has 6 heteroatoms. The van der Waals surface area contributed by atoms with Gasteiger partial charge in [0.2, 0.25) is 0 Å². The highest BCUT2D eigenvalue weighted by Crippen LogP contribution is 2.30. The minimum atomic E-state index is -1.76. The van der Waals surface area contributed by atoms with E-state index in [-0.39, 0.29) is 10.1 Å². The third-order valence-corrected chi connectivity index (χ3v) is 2.59. The second-order valence-corrected chi connectivity index (χ2v) is 3.34. The van der Waals surface area contributed by atoms with Gasteiger partial charge in [-0.1, -0.05) is 0 Å². The van der Waals surface area contributed by atoms with Crippen molar-refractivity contribution in [1.82, 2.24) is 0 Å². The number of fused-ring (bicyclic) bond motifs is 1. The van der Waals surface area contributed by atoms with Crippen LogP contribution in [0.15, 0.2) is 11.4 Å². The molecule has 1 aromatic heterocycles. The standard InChI is InChI=1S/C8H2F4S.CH3F/c9-4-3-1-2-13-8(3)7(12)6(11)5(4)10;1-2/h1-2H;1H3. The number of benzene rings is 1. The molecular formula is C9H5F5S. The van der Waals surface area contributed by atoms with Crippen LogP contribution in [-0.4, -0.2) is 7.18 Å². The zero-order chi connectivity index (χ0) is 11.6. The van der Waals surface area contributed by atoms with Crippen LogP contribution in [0, 0.1) is 23.3 Å². The Morgan fingerprint density at radius 2 is 1.40 bits per heavy atom. The Bertz CT molecular complexity index is 435. The Labute approximate surface area is 86.0 Å². The Morgan fingerprint density at radius 1 is 0.867 bits per heavy atom. The molecule has 0 bridgehead atoms. The molecule has 0 N–H and O–H groups in total. The molecule has 1 heterocycles. The summed E-state index contributed by atoms with van der Waals surface area (Å²) in [6, 6.07) is 1.21. The molecule has 0 amide bonds. The molecule has 2 aromatic rings. The van der Waals surface area contributed by atoms with E-state index in [1.165, 1.54) is 11.4 Å². The maximum atomic E-state index is 12.9. The molecule has 0 aliphatic carbocycles. The van der Waals surface area contributed by atoms with Gasteiger partial charge in [-0.3, -0.25) is 4.39 Å². The summed E-state index contributed by atoms with van der Waals surface area (Å²) < 4.78 is 60.3. The average molecular weight is 240 g/mol. The largest absolute Gasteiger partial charge is 0.255 e. The van der Waals surface area contributed by atoms with E-state index in [9.17, 15) is 22.0 Å². The van der Waals surface area contributed by atoms with Crippen molar-refractivity contribution < 1.29 is 22.0 Å². The van der Waals surface area contributed by atoms with Crippen LogP contribution in [0.3, 0.4) is 0 Å². The fourth-order valence-electron chi connectivity index (χ4n) is 1.06. The summed E-state index contributed by atoms with van der Waals surface area (Å²) in [7, 11) is 0.500. The lowest BCUT2D eigenvalue weighted by atomic mass is 10.2. The number of alkyl halides is 1. The number of rotatable bonds is 0. The SMILES string of the molecule is CF.Fc1c(F)c(F)c2sccc2c1F. The quantitative estimate of drug-likeness (QED) is 0.370. The van der Waals surface area contributed by atoms with Crippen LogP contribution in [-0.2, 0) is 0 Å². The van der Waals surface area contributed by atoms with Gasteiger partial charge in [0, 0.05) is 5.39 Å². The number of halogens is 5. The molecule has 0 aliphatic rings. The van der Waals surface area contributed by atoms with Crippen LogP contribution in [0.1, 0.15) is 0 Å². The molecule has 0 saturated carbocycles. The normalized spacial score (nSPS) is 10.0. The maximum Gasteiger partial charge on any atom is 0.198 e. The molecule has 1 aromatic carbocycles. The molecule has 0 fully saturated rings. The Hall–Kier alpha value is -1.17. The Morgan fingerprint density at radius 3 is 2.00 bits per heavy atom. The van der Waals surface area contributed by atoms with Gasteiger partial charge in [-0.15, -0.1) is 11.3 Å². The second-order valence-electron chi connectivity index (χ2n) is 2.42. The van der Waals surface area contributed by atoms with E-state index in [1.54, 1.807) is 0 Å². The Kier molecular flexibility index (Phi) is 3.62. The van der Waals surface area contributed by atoms with Gasteiger partial charge < -0.3 is 0 Å². The smallest absolute Gasteiger partial charge is 0.198 e. The van der Waals surface area contributed by atoms with Gasteiger partial charge in [-0.25, -0.2) is 17.6 Å². The zero-order valence-corrected chi connectivity index (χ0v) is 8.27. The van der Waals surface area contributed by atoms with Crippen LogP contribution in [0.4, 0.5) is 22.0 Å². The lowest BCUT2D eigenvalue weighted by Gasteiger charge is -1.98. The first-order chi connectivity index (χ1) is 7.13. The monoisotopic (exact) mass is 240 g/mol. The highest BCUT2D eigenvalue weighted by Gasteiger charge is 2.20. The molecule has 0 nitrogen and oxygen atoms in total. The van der Waals surface area contributed by atoms with Crippen LogP contribution in [0.5, 0.6) is 0 Å². The Balaban J connectivity index is 0.000000531. The summed E-state index contributed by atoms with van der Waals surface area (Å²) in [6.45, 7) is 0. The van der Waals surface area contributed by atoms with E-state index in [1.807, 2.05) is 0 Å². The summed E-state index contributed by atoms with van der Waals surface area (Å²) in [6.07, 6.45) is 0. The predicted octanol–water partition coefficient (Wildman–Crippen LogP) is 4.04. The van der Waals surface area contributed by atoms with E-state index >= 15 is 0 Å². The molecule has 2 rings (SSSR count). The van der Waals surface area contributed by atoms with Gasteiger partial charge in [-0.2, -0.15) is 0 Å². The third-order valence-electron chi connectivity index (χ3n) is 1.68. The van der Waals surface area contributed by atoms with Crippen molar-refractivity contribution in [3.63, 3.8) is 0 Å². The summed E-state index contributed by atoms with van der Waals surface area (Å²) in [5, 5.41) is 1.15. The molecular weight excluding hydrogens is 235 g/mol. The van der Waals surface area contributed by atoms with E-state index in [0.717, 1.165) is 11.3 Å². The fourth-order valence-corrected chi connectivity index (χ4v) is 1.88. The maximum absolute atomic E-state index is 12.9. The van der Waals surface area contributed by atoms with Gasteiger partial charge in [-0.05, 0) is 11.4 Å². The highest BCUT2D eigenvalue weighted by molar-refractivity contribution is 7.17. The first-order valence-corrected chi connectivity index (χ1v) is 4.58. The lowest BCUT2D eigenvalue weighted by Crippen LogP contribution is -1.95. The van der Waals surface area contributed by atoms with E-state index < -0.39 is 23.3 Å². The molecule has 0 saturated heterocycles. The minimum absolute atomic E-state index is 0.198. The van der Waals surface area contributed by atoms with Gasteiger partial charge in [0.15, 0.2) is 23.3 Å². The van der Waals surface area contributed by atoms with Crippen molar-refractivity contribution in [2.24, 2.45) is 0 Å². The van der Waals surface area contributed by atoms with Crippen LogP contribution < -0.4 is 0 Å². The summed E-state index contributed by atoms with van der Waals surface area (Å²) >= 11 is 0.829. The molecule has 0 unspecified atom stereocenters. The molecule has 82 valence electrons. The van der Waals surface area contributed by atoms with Crippen molar-refractivity contribution >= 4 is 21.4 Å². The van der Waals surface area contributed by atoms with E-state index in [0.29, 0.717) is 7.18 Å². The molecule has 0 aliphatic heterocycles. The highest BCUT2D eigenvalue weighted by atomic mass is 32.1. The number of hydrogen-bond donors (Lipinski definition) is 0. The lowest BCUT2D eigenvalue weighted by molar-refractivity contribution is 0.419. The molecule has 0 atom stereocenters. The van der Waals surface area contributed by atoms with Gasteiger partial charge in [0.1, 0.15) is 0 Å². The fraction of sp³-hybridized carbons (Fsp3) is 0.111. The topological polar surface area (TPSA) is 0 Å². The van der Waals surface area contributed by atoms with Crippen molar-refractivity contribution in [2.45, 2.75) is 0 Å². The summed E-state index contributed by atoms with van der Waals surface area (Å²) in [4.78, 5) is 0. The minimum Gasteiger partial charge on any atom is -0.255 e. The van der Waals surface area contributed by atoms with E-state index in [4.69, 9.17) is 0 Å². The van der Waals surface area contributed by atoms with Crippen LogP contribution >= 0.6 is 11.3 Å². The average Bonchev–Trinajstić information content (AvgIpc) is 2.75. The number of hydrogen-bond acceptors (Lipinski definition) is 1. The predicted molar refractivity (Wildman–Crippen MR) is 48.7 cm³/mol. The molecule has 15 heavy (non-hydrogen) atoms. The van der Waals surface area contributed by atoms with Crippen molar-refractivity contribution in [3.8, 4) is 0 Å². The van der Waals surface area contributed by atoms with Crippen LogP contribution in [0.2, 0.25) is 0 Å². The third kappa shape index (κ3) is 1.81. The second kappa shape index (κ2) is 4.57.